The summed E-state index contributed by atoms with van der Waals surface area (Å²) in [7, 11) is 0. The number of anilines is 8. The Morgan fingerprint density at radius 1 is 0.201 bits per heavy atom. The molecule has 0 fully saturated rings. The molecule has 4 aliphatic rings. The van der Waals surface area contributed by atoms with E-state index in [2.05, 4.69) is 465 Å². The molecule has 0 amide bonds. The first-order valence-corrected chi connectivity index (χ1v) is 48.1. The zero-order valence-electron chi connectivity index (χ0n) is 75.7. The zero-order valence-corrected chi connectivity index (χ0v) is 77.4. The molecule has 4 N–H and O–H groups in total. The molecule has 0 radical (unpaired) electrons. The van der Waals surface area contributed by atoms with Crippen LogP contribution in [-0.4, -0.2) is 0 Å². The molecular formula is C126H94N4O2S2. The monoisotopic (exact) mass is 1760 g/mol. The van der Waals surface area contributed by atoms with Crippen LogP contribution in [0.5, 0.6) is 0 Å². The minimum atomic E-state index is -0.0197. The zero-order chi connectivity index (χ0) is 90.0. The van der Waals surface area contributed by atoms with Crippen molar-refractivity contribution in [1.82, 2.24) is 0 Å². The molecule has 4 aromatic heterocycles. The Balaban J connectivity index is 0.0000000956. The van der Waals surface area contributed by atoms with E-state index in [9.17, 15) is 0 Å². The van der Waals surface area contributed by atoms with Crippen LogP contribution in [-0.2, 0) is 21.7 Å². The Hall–Kier alpha value is -15.6. The first-order valence-electron chi connectivity index (χ1n) is 46.5. The lowest BCUT2D eigenvalue weighted by Crippen LogP contribution is -2.15. The molecular weight excluding hydrogens is 1670 g/mol. The largest absolute Gasteiger partial charge is 0.456 e. The van der Waals surface area contributed by atoms with E-state index in [4.69, 9.17) is 8.83 Å². The molecule has 0 bridgehead atoms. The second-order valence-electron chi connectivity index (χ2n) is 38.4. The van der Waals surface area contributed by atoms with E-state index in [-0.39, 0.29) is 21.7 Å². The third-order valence-electron chi connectivity index (χ3n) is 29.2. The van der Waals surface area contributed by atoms with Gasteiger partial charge in [0.15, 0.2) is 0 Å². The van der Waals surface area contributed by atoms with Crippen molar-refractivity contribution in [1.29, 1.82) is 0 Å². The molecule has 0 saturated heterocycles. The number of hydrogen-bond donors (Lipinski definition) is 4. The van der Waals surface area contributed by atoms with Gasteiger partial charge in [-0.25, -0.2) is 0 Å². The number of rotatable bonds is 9. The van der Waals surface area contributed by atoms with Gasteiger partial charge in [0.05, 0.1) is 22.1 Å². The number of hydrogen-bond acceptors (Lipinski definition) is 8. The van der Waals surface area contributed by atoms with E-state index < -0.39 is 0 Å². The maximum absolute atomic E-state index is 6.28. The molecule has 0 aliphatic heterocycles. The number of para-hydroxylation sites is 1. The number of furan rings is 2. The Morgan fingerprint density at radius 2 is 0.642 bits per heavy atom. The minimum absolute atomic E-state index is 0.00359. The molecule has 6 nitrogen and oxygen atoms in total. The Labute approximate surface area is 786 Å². The number of fused-ring (bicyclic) bond motifs is 28. The lowest BCUT2D eigenvalue weighted by Gasteiger charge is -2.22. The van der Waals surface area contributed by atoms with Crippen LogP contribution < -0.4 is 21.3 Å². The van der Waals surface area contributed by atoms with Gasteiger partial charge in [0.25, 0.3) is 0 Å². The Bertz CT molecular complexity index is 8980. The maximum Gasteiger partial charge on any atom is 0.138 e. The summed E-state index contributed by atoms with van der Waals surface area (Å²) >= 11 is 3.72. The summed E-state index contributed by atoms with van der Waals surface area (Å²) in [6, 6.07) is 144. The van der Waals surface area contributed by atoms with Crippen LogP contribution in [0.3, 0.4) is 0 Å². The Kier molecular flexibility index (Phi) is 18.6. The average Bonchev–Trinajstić information content (AvgIpc) is 1.55. The van der Waals surface area contributed by atoms with Gasteiger partial charge < -0.3 is 30.1 Å². The second-order valence-corrected chi connectivity index (χ2v) is 40.6. The predicted octanol–water partition coefficient (Wildman–Crippen LogP) is 36.6. The summed E-state index contributed by atoms with van der Waals surface area (Å²) in [6.07, 6.45) is 0. The first-order chi connectivity index (χ1) is 65.4. The van der Waals surface area contributed by atoms with E-state index in [1.807, 2.05) is 34.8 Å². The molecule has 4 aliphatic carbocycles. The molecule has 4 heterocycles. The molecule has 0 saturated carbocycles. The van der Waals surface area contributed by atoms with Gasteiger partial charge in [-0.3, -0.25) is 0 Å². The molecule has 0 atom stereocenters. The highest BCUT2D eigenvalue weighted by atomic mass is 32.1. The molecule has 24 aromatic rings. The highest BCUT2D eigenvalue weighted by Gasteiger charge is 2.40. The van der Waals surface area contributed by atoms with Crippen molar-refractivity contribution in [2.24, 2.45) is 0 Å². The van der Waals surface area contributed by atoms with Crippen molar-refractivity contribution < 1.29 is 8.83 Å². The maximum atomic E-state index is 6.28. The van der Waals surface area contributed by atoms with Crippen LogP contribution in [0.4, 0.5) is 45.5 Å². The van der Waals surface area contributed by atoms with E-state index in [1.54, 1.807) is 0 Å². The highest BCUT2D eigenvalue weighted by Crippen LogP contribution is 2.57. The van der Waals surface area contributed by atoms with Gasteiger partial charge >= 0.3 is 0 Å². The fourth-order valence-electron chi connectivity index (χ4n) is 22.5. The second kappa shape index (κ2) is 31.0. The SMILES string of the molecule is CC1(C)c2ccccc2-c2c(Nc3cccc4oc5ccc6ccccc6c5c34)cccc21.CC1(C)c2ccccc2-c2cc(Nc3c4ccccc4cc4oc5ccccc5c34)ccc21.CC1(C)c2ccccc2-c2ccc(-c3ccc(Nc4cccc5sc6ccccc6c45)cc3)cc21.CC1(C)c2ccccc2-c2ccc(Nc3cccc4sc5cc6ccccc6cc5c34)cc21. The van der Waals surface area contributed by atoms with E-state index >= 15 is 0 Å². The molecule has 20 aromatic carbocycles. The van der Waals surface area contributed by atoms with Crippen LogP contribution in [0.2, 0.25) is 0 Å². The average molecular weight is 1760 g/mol. The third-order valence-corrected chi connectivity index (χ3v) is 31.5. The standard InChI is InChI=1S/C33H25NS.2C31H23NO.C31H23NS/c1-33(2)27-10-5-3-8-24(27)25-19-16-22(20-28(25)33)21-14-17-23(18-15-21)34-29-11-7-13-31-32(29)26-9-4-6-12-30(26)35-31;1-31(2)25-13-7-5-11-22(25)24-18-20(15-16-26(24)31)32-30-21-10-4-3-9-19(21)17-28-29(30)23-12-6-8-14-27(23)33-28;1-31(2)22-12-6-5-11-21(22)28-23(31)13-7-14-24(28)32-25-15-8-16-26-30(25)29-20-10-4-3-9-19(20)17-18-27(29)33-26;1-31(2)25-11-6-5-10-22(25)23-15-14-21(18-26(23)31)32-27-12-7-13-28-30(27)24-16-19-8-3-4-9-20(19)17-29(24)33-28/h3-20,34H,1-2H3;3*3-18,32H,1-2H3. The number of nitrogens with one attached hydrogen (secondary N) is 4. The molecule has 8 heteroatoms. The number of benzene rings is 20. The highest BCUT2D eigenvalue weighted by molar-refractivity contribution is 7.26. The fraction of sp³-hybridized carbons (Fsp3) is 0.0952. The first kappa shape index (κ1) is 80.5. The minimum Gasteiger partial charge on any atom is -0.456 e. The van der Waals surface area contributed by atoms with Crippen LogP contribution in [0.25, 0.3) is 172 Å². The summed E-state index contributed by atoms with van der Waals surface area (Å²) < 4.78 is 17.8. The smallest absolute Gasteiger partial charge is 0.138 e. The molecule has 0 unspecified atom stereocenters. The summed E-state index contributed by atoms with van der Waals surface area (Å²) in [5.74, 6) is 0. The third kappa shape index (κ3) is 13.0. The van der Waals surface area contributed by atoms with Crippen LogP contribution in [0.15, 0.2) is 409 Å². The molecule has 0 spiro atoms. The summed E-state index contributed by atoms with van der Waals surface area (Å²) in [5, 5.41) is 32.3. The van der Waals surface area contributed by atoms with Crippen molar-refractivity contribution in [3.05, 3.63) is 445 Å². The van der Waals surface area contributed by atoms with Crippen LogP contribution >= 0.6 is 22.7 Å². The quantitative estimate of drug-likeness (QED) is 0.115. The summed E-state index contributed by atoms with van der Waals surface area (Å²) in [5.41, 5.74) is 37.0. The normalized spacial score (nSPS) is 13.9. The lowest BCUT2D eigenvalue weighted by molar-refractivity contribution is 0.660. The Morgan fingerprint density at radius 3 is 1.35 bits per heavy atom. The van der Waals surface area contributed by atoms with Crippen molar-refractivity contribution >= 4 is 185 Å². The summed E-state index contributed by atoms with van der Waals surface area (Å²) in [4.78, 5) is 0. The predicted molar refractivity (Wildman–Crippen MR) is 573 cm³/mol. The van der Waals surface area contributed by atoms with Gasteiger partial charge in [0, 0.05) is 118 Å². The van der Waals surface area contributed by atoms with Crippen molar-refractivity contribution in [2.75, 3.05) is 21.3 Å². The topological polar surface area (TPSA) is 74.4 Å². The molecule has 642 valence electrons. The van der Waals surface area contributed by atoms with Crippen LogP contribution in [0.1, 0.15) is 99.9 Å². The van der Waals surface area contributed by atoms with Gasteiger partial charge in [-0.05, 0) is 243 Å². The van der Waals surface area contributed by atoms with E-state index in [0.717, 1.165) is 78.3 Å². The number of thiophene rings is 2. The lowest BCUT2D eigenvalue weighted by atomic mass is 9.81. The van der Waals surface area contributed by atoms with Gasteiger partial charge in [-0.15, -0.1) is 22.7 Å². The van der Waals surface area contributed by atoms with Crippen molar-refractivity contribution in [3.63, 3.8) is 0 Å². The van der Waals surface area contributed by atoms with Gasteiger partial charge in [0.1, 0.15) is 22.3 Å². The fourth-order valence-corrected chi connectivity index (χ4v) is 24.8. The van der Waals surface area contributed by atoms with E-state index in [0.29, 0.717) is 0 Å². The van der Waals surface area contributed by atoms with E-state index in [1.165, 1.54) is 184 Å². The molecule has 134 heavy (non-hydrogen) atoms. The molecule has 28 rings (SSSR count). The van der Waals surface area contributed by atoms with Crippen LogP contribution in [0, 0.1) is 0 Å². The van der Waals surface area contributed by atoms with Crippen molar-refractivity contribution in [2.45, 2.75) is 77.0 Å². The van der Waals surface area contributed by atoms with Crippen molar-refractivity contribution in [3.8, 4) is 55.6 Å². The van der Waals surface area contributed by atoms with Gasteiger partial charge in [-0.2, -0.15) is 0 Å². The summed E-state index contributed by atoms with van der Waals surface area (Å²) in [6.45, 7) is 18.6. The van der Waals surface area contributed by atoms with Gasteiger partial charge in [0.2, 0.25) is 0 Å². The van der Waals surface area contributed by atoms with Gasteiger partial charge in [-0.1, -0.05) is 334 Å².